The molecule has 0 saturated carbocycles. The standard InChI is InChI=1S/C19H19N3O3S/c1-13-3-5-14(6-4-13)18(23)20-19-22-21-17(26-19)11-12-25-16-9-7-15(24-2)8-10-16/h3-10H,11-12H2,1-2H3,(H,20,22,23). The molecule has 2 aromatic carbocycles. The molecule has 0 unspecified atom stereocenters. The summed E-state index contributed by atoms with van der Waals surface area (Å²) in [4.78, 5) is 12.2. The average molecular weight is 369 g/mol. The van der Waals surface area contributed by atoms with Crippen LogP contribution in [0.15, 0.2) is 48.5 Å². The topological polar surface area (TPSA) is 73.3 Å². The SMILES string of the molecule is COc1ccc(OCCc2nnc(NC(=O)c3ccc(C)cc3)s2)cc1. The van der Waals surface area contributed by atoms with E-state index in [1.807, 2.05) is 43.3 Å². The number of hydrogen-bond acceptors (Lipinski definition) is 6. The Balaban J connectivity index is 1.49. The fourth-order valence-corrected chi connectivity index (χ4v) is 2.92. The average Bonchev–Trinajstić information content (AvgIpc) is 3.10. The van der Waals surface area contributed by atoms with Crippen molar-refractivity contribution in [3.8, 4) is 11.5 Å². The van der Waals surface area contributed by atoms with Gasteiger partial charge in [0, 0.05) is 12.0 Å². The van der Waals surface area contributed by atoms with Gasteiger partial charge in [-0.25, -0.2) is 0 Å². The maximum absolute atomic E-state index is 12.2. The van der Waals surface area contributed by atoms with Gasteiger partial charge in [-0.1, -0.05) is 29.0 Å². The van der Waals surface area contributed by atoms with Crippen LogP contribution in [0, 0.1) is 6.92 Å². The molecule has 0 aliphatic carbocycles. The predicted octanol–water partition coefficient (Wildman–Crippen LogP) is 3.73. The molecule has 0 spiro atoms. The van der Waals surface area contributed by atoms with Gasteiger partial charge in [0.1, 0.15) is 16.5 Å². The van der Waals surface area contributed by atoms with E-state index in [1.54, 1.807) is 19.2 Å². The largest absolute Gasteiger partial charge is 0.497 e. The number of benzene rings is 2. The lowest BCUT2D eigenvalue weighted by Crippen LogP contribution is -2.11. The molecular formula is C19H19N3O3S. The summed E-state index contributed by atoms with van der Waals surface area (Å²) in [7, 11) is 1.63. The third-order valence-corrected chi connectivity index (χ3v) is 4.54. The van der Waals surface area contributed by atoms with E-state index in [4.69, 9.17) is 9.47 Å². The van der Waals surface area contributed by atoms with Gasteiger partial charge >= 0.3 is 0 Å². The summed E-state index contributed by atoms with van der Waals surface area (Å²) in [6.07, 6.45) is 0.615. The van der Waals surface area contributed by atoms with Crippen LogP contribution in [0.5, 0.6) is 11.5 Å². The Labute approximate surface area is 155 Å². The van der Waals surface area contributed by atoms with E-state index in [2.05, 4.69) is 15.5 Å². The number of methoxy groups -OCH3 is 1. The van der Waals surface area contributed by atoms with Gasteiger partial charge in [0.15, 0.2) is 0 Å². The van der Waals surface area contributed by atoms with Gasteiger partial charge in [0.25, 0.3) is 5.91 Å². The Morgan fingerprint density at radius 3 is 2.42 bits per heavy atom. The Hall–Kier alpha value is -2.93. The Kier molecular flexibility index (Phi) is 5.80. The minimum atomic E-state index is -0.192. The number of anilines is 1. The van der Waals surface area contributed by atoms with Crippen LogP contribution in [0.2, 0.25) is 0 Å². The van der Waals surface area contributed by atoms with Crippen molar-refractivity contribution in [3.05, 3.63) is 64.7 Å². The lowest BCUT2D eigenvalue weighted by molar-refractivity contribution is 0.102. The van der Waals surface area contributed by atoms with E-state index in [-0.39, 0.29) is 5.91 Å². The smallest absolute Gasteiger partial charge is 0.257 e. The van der Waals surface area contributed by atoms with Crippen molar-refractivity contribution in [1.29, 1.82) is 0 Å². The molecule has 1 N–H and O–H groups in total. The zero-order valence-electron chi connectivity index (χ0n) is 14.6. The zero-order chi connectivity index (χ0) is 18.4. The highest BCUT2D eigenvalue weighted by Crippen LogP contribution is 2.19. The number of aromatic nitrogens is 2. The van der Waals surface area contributed by atoms with E-state index in [0.29, 0.717) is 23.7 Å². The summed E-state index contributed by atoms with van der Waals surface area (Å²) in [5, 5.41) is 12.2. The Bertz CT molecular complexity index is 860. The van der Waals surface area contributed by atoms with Gasteiger partial charge in [-0.2, -0.15) is 0 Å². The van der Waals surface area contributed by atoms with Crippen molar-refractivity contribution in [2.75, 3.05) is 19.0 Å². The first-order valence-electron chi connectivity index (χ1n) is 8.11. The summed E-state index contributed by atoms with van der Waals surface area (Å²) in [5.74, 6) is 1.36. The second-order valence-corrected chi connectivity index (χ2v) is 6.66. The molecular weight excluding hydrogens is 350 g/mol. The second kappa shape index (κ2) is 8.44. The quantitative estimate of drug-likeness (QED) is 0.687. The van der Waals surface area contributed by atoms with Crippen molar-refractivity contribution in [1.82, 2.24) is 10.2 Å². The molecule has 134 valence electrons. The normalized spacial score (nSPS) is 10.4. The maximum atomic E-state index is 12.2. The third-order valence-electron chi connectivity index (χ3n) is 3.65. The Morgan fingerprint density at radius 2 is 1.73 bits per heavy atom. The fraction of sp³-hybridized carbons (Fsp3) is 0.211. The molecule has 0 atom stereocenters. The first-order chi connectivity index (χ1) is 12.6. The summed E-state index contributed by atoms with van der Waals surface area (Å²) >= 11 is 1.35. The monoisotopic (exact) mass is 369 g/mol. The summed E-state index contributed by atoms with van der Waals surface area (Å²) in [6, 6.07) is 14.8. The van der Waals surface area contributed by atoms with Gasteiger partial charge in [-0.15, -0.1) is 10.2 Å². The minimum Gasteiger partial charge on any atom is -0.497 e. The van der Waals surface area contributed by atoms with Crippen LogP contribution in [-0.4, -0.2) is 29.8 Å². The first kappa shape index (κ1) is 17.9. The van der Waals surface area contributed by atoms with Gasteiger partial charge in [-0.05, 0) is 43.3 Å². The molecule has 1 heterocycles. The van der Waals surface area contributed by atoms with E-state index < -0.39 is 0 Å². The molecule has 0 aliphatic rings. The molecule has 1 aromatic heterocycles. The van der Waals surface area contributed by atoms with Gasteiger partial charge < -0.3 is 9.47 Å². The van der Waals surface area contributed by atoms with Crippen LogP contribution < -0.4 is 14.8 Å². The molecule has 0 radical (unpaired) electrons. The van der Waals surface area contributed by atoms with Crippen molar-refractivity contribution >= 4 is 22.4 Å². The van der Waals surface area contributed by atoms with Crippen molar-refractivity contribution in [2.24, 2.45) is 0 Å². The van der Waals surface area contributed by atoms with Gasteiger partial charge in [-0.3, -0.25) is 10.1 Å². The van der Waals surface area contributed by atoms with Gasteiger partial charge in [0.2, 0.25) is 5.13 Å². The number of hydrogen-bond donors (Lipinski definition) is 1. The molecule has 0 saturated heterocycles. The van der Waals surface area contributed by atoms with Gasteiger partial charge in [0.05, 0.1) is 13.7 Å². The van der Waals surface area contributed by atoms with Crippen LogP contribution in [-0.2, 0) is 6.42 Å². The van der Waals surface area contributed by atoms with Crippen LogP contribution in [0.4, 0.5) is 5.13 Å². The molecule has 3 rings (SSSR count). The van der Waals surface area contributed by atoms with Crippen molar-refractivity contribution in [3.63, 3.8) is 0 Å². The number of ether oxygens (including phenoxy) is 2. The van der Waals surface area contributed by atoms with E-state index in [1.165, 1.54) is 11.3 Å². The number of carbonyl (C=O) groups is 1. The molecule has 0 aliphatic heterocycles. The highest BCUT2D eigenvalue weighted by atomic mass is 32.1. The molecule has 26 heavy (non-hydrogen) atoms. The molecule has 6 nitrogen and oxygen atoms in total. The summed E-state index contributed by atoms with van der Waals surface area (Å²) < 4.78 is 10.8. The highest BCUT2D eigenvalue weighted by molar-refractivity contribution is 7.15. The van der Waals surface area contributed by atoms with Crippen molar-refractivity contribution in [2.45, 2.75) is 13.3 Å². The number of aryl methyl sites for hydroxylation is 1. The fourth-order valence-electron chi connectivity index (χ4n) is 2.21. The molecule has 1 amide bonds. The molecule has 0 bridgehead atoms. The minimum absolute atomic E-state index is 0.192. The van der Waals surface area contributed by atoms with Crippen LogP contribution in [0.25, 0.3) is 0 Å². The van der Waals surface area contributed by atoms with Crippen LogP contribution in [0.3, 0.4) is 0 Å². The summed E-state index contributed by atoms with van der Waals surface area (Å²) in [5.41, 5.74) is 1.70. The number of nitrogens with zero attached hydrogens (tertiary/aromatic N) is 2. The van der Waals surface area contributed by atoms with Crippen LogP contribution >= 0.6 is 11.3 Å². The molecule has 7 heteroatoms. The Morgan fingerprint density at radius 1 is 1.04 bits per heavy atom. The third kappa shape index (κ3) is 4.80. The van der Waals surface area contributed by atoms with E-state index in [9.17, 15) is 4.79 Å². The number of nitrogens with one attached hydrogen (secondary N) is 1. The first-order valence-corrected chi connectivity index (χ1v) is 8.93. The van der Waals surface area contributed by atoms with Crippen LogP contribution in [0.1, 0.15) is 20.9 Å². The molecule has 3 aromatic rings. The number of amides is 1. The number of carbonyl (C=O) groups excluding carboxylic acids is 1. The number of rotatable bonds is 7. The highest BCUT2D eigenvalue weighted by Gasteiger charge is 2.10. The predicted molar refractivity (Wildman–Crippen MR) is 101 cm³/mol. The van der Waals surface area contributed by atoms with E-state index >= 15 is 0 Å². The lowest BCUT2D eigenvalue weighted by atomic mass is 10.1. The van der Waals surface area contributed by atoms with Crippen molar-refractivity contribution < 1.29 is 14.3 Å². The maximum Gasteiger partial charge on any atom is 0.257 e. The molecule has 0 fully saturated rings. The zero-order valence-corrected chi connectivity index (χ0v) is 15.4. The lowest BCUT2D eigenvalue weighted by Gasteiger charge is -2.05. The summed E-state index contributed by atoms with van der Waals surface area (Å²) in [6.45, 7) is 2.46. The van der Waals surface area contributed by atoms with E-state index in [0.717, 1.165) is 22.1 Å². The second-order valence-electron chi connectivity index (χ2n) is 5.60.